The summed E-state index contributed by atoms with van der Waals surface area (Å²) >= 11 is 0. The first-order valence-corrected chi connectivity index (χ1v) is 4.50. The molecule has 0 saturated carbocycles. The van der Waals surface area contributed by atoms with Crippen LogP contribution in [0.5, 0.6) is 0 Å². The zero-order chi connectivity index (χ0) is 9.54. The van der Waals surface area contributed by atoms with Gasteiger partial charge >= 0.3 is 0 Å². The summed E-state index contributed by atoms with van der Waals surface area (Å²) in [4.78, 5) is 15.1. The Morgan fingerprint density at radius 3 is 3.00 bits per heavy atom. The van der Waals surface area contributed by atoms with Crippen molar-refractivity contribution in [3.8, 4) is 11.4 Å². The molecule has 1 aromatic carbocycles. The highest BCUT2D eigenvalue weighted by molar-refractivity contribution is 5.64. The maximum Gasteiger partial charge on any atom is 0.273 e. The summed E-state index contributed by atoms with van der Waals surface area (Å²) in [5.41, 5.74) is 2.13. The summed E-state index contributed by atoms with van der Waals surface area (Å²) in [7, 11) is 0. The second-order valence-corrected chi connectivity index (χ2v) is 3.37. The quantitative estimate of drug-likeness (QED) is 0.527. The van der Waals surface area contributed by atoms with Gasteiger partial charge in [0.15, 0.2) is 0 Å². The van der Waals surface area contributed by atoms with Gasteiger partial charge in [0.1, 0.15) is 5.82 Å². The van der Waals surface area contributed by atoms with Crippen molar-refractivity contribution in [3.63, 3.8) is 0 Å². The largest absolute Gasteiger partial charge is 0.328 e. The zero-order valence-corrected chi connectivity index (χ0v) is 7.47. The first kappa shape index (κ1) is 7.50. The van der Waals surface area contributed by atoms with Gasteiger partial charge in [-0.1, -0.05) is 24.3 Å². The maximum absolute atomic E-state index is 11.1. The van der Waals surface area contributed by atoms with Crippen LogP contribution in [0.3, 0.4) is 0 Å². The number of fused-ring (bicyclic) bond motifs is 3. The highest BCUT2D eigenvalue weighted by atomic mass is 16.1. The number of rotatable bonds is 0. The Balaban J connectivity index is 2.35. The fraction of sp³-hybridized carbons (Fsp3) is 0.0909. The number of aromatic nitrogens is 2. The molecule has 1 aliphatic rings. The van der Waals surface area contributed by atoms with E-state index in [0.29, 0.717) is 0 Å². The van der Waals surface area contributed by atoms with Crippen molar-refractivity contribution < 1.29 is 0 Å². The third kappa shape index (κ3) is 0.923. The molecule has 0 fully saturated rings. The SMILES string of the molecule is O=c1ccn2c(n1)-c1ccccc1C2. The third-order valence-corrected chi connectivity index (χ3v) is 2.48. The lowest BCUT2D eigenvalue weighted by Gasteiger charge is -1.99. The van der Waals surface area contributed by atoms with Gasteiger partial charge in [-0.05, 0) is 5.56 Å². The summed E-state index contributed by atoms with van der Waals surface area (Å²) in [6, 6.07) is 9.53. The van der Waals surface area contributed by atoms with Gasteiger partial charge in [0.05, 0.1) is 0 Å². The molecular weight excluding hydrogens is 176 g/mol. The molecule has 3 rings (SSSR count). The minimum absolute atomic E-state index is 0.173. The number of hydrogen-bond donors (Lipinski definition) is 0. The lowest BCUT2D eigenvalue weighted by Crippen LogP contribution is -2.09. The van der Waals surface area contributed by atoms with Gasteiger partial charge in [0.25, 0.3) is 5.56 Å². The van der Waals surface area contributed by atoms with Crippen LogP contribution in [0.1, 0.15) is 5.56 Å². The van der Waals surface area contributed by atoms with E-state index in [4.69, 9.17) is 0 Å². The van der Waals surface area contributed by atoms with E-state index in [1.54, 1.807) is 6.20 Å². The Labute approximate surface area is 80.7 Å². The summed E-state index contributed by atoms with van der Waals surface area (Å²) in [6.07, 6.45) is 1.80. The monoisotopic (exact) mass is 184 g/mol. The van der Waals surface area contributed by atoms with Crippen LogP contribution < -0.4 is 5.56 Å². The molecular formula is C11H8N2O. The lowest BCUT2D eigenvalue weighted by molar-refractivity contribution is 0.812. The van der Waals surface area contributed by atoms with E-state index < -0.39 is 0 Å². The van der Waals surface area contributed by atoms with Gasteiger partial charge in [-0.25, -0.2) is 0 Å². The Kier molecular flexibility index (Phi) is 1.36. The maximum atomic E-state index is 11.1. The molecule has 0 atom stereocenters. The Hall–Kier alpha value is -1.90. The molecule has 68 valence electrons. The van der Waals surface area contributed by atoms with Crippen LogP contribution in [0.15, 0.2) is 41.3 Å². The van der Waals surface area contributed by atoms with Crippen LogP contribution in [0.25, 0.3) is 11.4 Å². The highest BCUT2D eigenvalue weighted by Crippen LogP contribution is 2.27. The summed E-state index contributed by atoms with van der Waals surface area (Å²) in [5.74, 6) is 0.785. The van der Waals surface area contributed by atoms with Crippen molar-refractivity contribution in [3.05, 3.63) is 52.4 Å². The molecule has 0 aliphatic carbocycles. The standard InChI is InChI=1S/C11H8N2O/c14-10-5-6-13-7-8-3-1-2-4-9(8)11(13)12-10/h1-6H,7H2. The highest BCUT2D eigenvalue weighted by Gasteiger charge is 2.17. The topological polar surface area (TPSA) is 34.9 Å². The van der Waals surface area contributed by atoms with Gasteiger partial charge in [-0.15, -0.1) is 0 Å². The smallest absolute Gasteiger partial charge is 0.273 e. The van der Waals surface area contributed by atoms with E-state index in [2.05, 4.69) is 11.1 Å². The number of benzene rings is 1. The second-order valence-electron chi connectivity index (χ2n) is 3.37. The first-order chi connectivity index (χ1) is 6.84. The summed E-state index contributed by atoms with van der Waals surface area (Å²) < 4.78 is 1.99. The molecule has 0 radical (unpaired) electrons. The second kappa shape index (κ2) is 2.54. The van der Waals surface area contributed by atoms with E-state index in [1.165, 1.54) is 11.6 Å². The molecule has 14 heavy (non-hydrogen) atoms. The lowest BCUT2D eigenvalue weighted by atomic mass is 10.1. The molecule has 3 nitrogen and oxygen atoms in total. The number of nitrogens with zero attached hydrogens (tertiary/aromatic N) is 2. The van der Waals surface area contributed by atoms with Crippen LogP contribution in [0, 0.1) is 0 Å². The van der Waals surface area contributed by atoms with Gasteiger partial charge in [0, 0.05) is 24.4 Å². The minimum Gasteiger partial charge on any atom is -0.328 e. The van der Waals surface area contributed by atoms with Crippen molar-refractivity contribution in [1.82, 2.24) is 9.55 Å². The van der Waals surface area contributed by atoms with E-state index in [-0.39, 0.29) is 5.56 Å². The minimum atomic E-state index is -0.173. The van der Waals surface area contributed by atoms with Crippen LogP contribution in [-0.4, -0.2) is 9.55 Å². The van der Waals surface area contributed by atoms with Crippen LogP contribution in [-0.2, 0) is 6.54 Å². The molecule has 0 amide bonds. The Morgan fingerprint density at radius 2 is 2.07 bits per heavy atom. The van der Waals surface area contributed by atoms with E-state index in [9.17, 15) is 4.79 Å². The predicted molar refractivity (Wildman–Crippen MR) is 53.0 cm³/mol. The molecule has 1 aliphatic heterocycles. The summed E-state index contributed by atoms with van der Waals surface area (Å²) in [5, 5.41) is 0. The van der Waals surface area contributed by atoms with E-state index >= 15 is 0 Å². The van der Waals surface area contributed by atoms with Gasteiger partial charge in [-0.2, -0.15) is 4.98 Å². The molecule has 0 bridgehead atoms. The Morgan fingerprint density at radius 1 is 1.21 bits per heavy atom. The molecule has 0 N–H and O–H groups in total. The third-order valence-electron chi connectivity index (χ3n) is 2.48. The van der Waals surface area contributed by atoms with Gasteiger partial charge < -0.3 is 4.57 Å². The average molecular weight is 184 g/mol. The zero-order valence-electron chi connectivity index (χ0n) is 7.47. The van der Waals surface area contributed by atoms with Crippen LogP contribution >= 0.6 is 0 Å². The van der Waals surface area contributed by atoms with Crippen molar-refractivity contribution in [1.29, 1.82) is 0 Å². The molecule has 2 heterocycles. The molecule has 1 aromatic heterocycles. The van der Waals surface area contributed by atoms with Gasteiger partial charge in [0.2, 0.25) is 0 Å². The fourth-order valence-corrected chi connectivity index (χ4v) is 1.83. The van der Waals surface area contributed by atoms with Crippen molar-refractivity contribution in [2.75, 3.05) is 0 Å². The molecule has 3 heteroatoms. The predicted octanol–water partition coefficient (Wildman–Crippen LogP) is 1.27. The normalized spacial score (nSPS) is 12.3. The molecule has 0 spiro atoms. The van der Waals surface area contributed by atoms with Crippen LogP contribution in [0.2, 0.25) is 0 Å². The molecule has 2 aromatic rings. The van der Waals surface area contributed by atoms with Crippen molar-refractivity contribution in [2.45, 2.75) is 6.54 Å². The number of hydrogen-bond acceptors (Lipinski definition) is 2. The van der Waals surface area contributed by atoms with Crippen molar-refractivity contribution in [2.24, 2.45) is 0 Å². The average Bonchev–Trinajstić information content (AvgIpc) is 2.56. The Bertz CT molecular complexity index is 557. The van der Waals surface area contributed by atoms with E-state index in [0.717, 1.165) is 17.9 Å². The fourth-order valence-electron chi connectivity index (χ4n) is 1.83. The van der Waals surface area contributed by atoms with E-state index in [1.807, 2.05) is 22.8 Å². The van der Waals surface area contributed by atoms with Crippen molar-refractivity contribution >= 4 is 0 Å². The van der Waals surface area contributed by atoms with Crippen LogP contribution in [0.4, 0.5) is 0 Å². The molecule has 0 saturated heterocycles. The first-order valence-electron chi connectivity index (χ1n) is 4.50. The van der Waals surface area contributed by atoms with Gasteiger partial charge in [-0.3, -0.25) is 4.79 Å². The summed E-state index contributed by atoms with van der Waals surface area (Å²) in [6.45, 7) is 0.818. The molecule has 0 unspecified atom stereocenters.